The second-order valence-corrected chi connectivity index (χ2v) is 5.43. The van der Waals surface area contributed by atoms with Crippen LogP contribution in [0.4, 0.5) is 0 Å². The summed E-state index contributed by atoms with van der Waals surface area (Å²) in [6.45, 7) is 3.61. The van der Waals surface area contributed by atoms with Crippen LogP contribution >= 0.6 is 15.9 Å². The third-order valence-corrected chi connectivity index (χ3v) is 3.21. The van der Waals surface area contributed by atoms with E-state index in [1.54, 1.807) is 11.0 Å². The fraction of sp³-hybridized carbons (Fsp3) is 0.467. The van der Waals surface area contributed by atoms with Gasteiger partial charge in [-0.15, -0.1) is 5.10 Å². The van der Waals surface area contributed by atoms with Gasteiger partial charge in [-0.1, -0.05) is 30.3 Å². The summed E-state index contributed by atoms with van der Waals surface area (Å²) in [5.41, 5.74) is 1.20. The lowest BCUT2D eigenvalue weighted by atomic mass is 10.2. The molecule has 6 heteroatoms. The molecule has 1 aromatic heterocycles. The topological polar surface area (TPSA) is 49.2 Å². The molecule has 21 heavy (non-hydrogen) atoms. The van der Waals surface area contributed by atoms with Gasteiger partial charge in [-0.3, -0.25) is 0 Å². The second kappa shape index (κ2) is 9.65. The van der Waals surface area contributed by atoms with Crippen molar-refractivity contribution in [3.05, 3.63) is 46.7 Å². The minimum absolute atomic E-state index is 0.667. The zero-order chi connectivity index (χ0) is 14.8. The Hall–Kier alpha value is -1.24. The lowest BCUT2D eigenvalue weighted by Crippen LogP contribution is -2.07. The largest absolute Gasteiger partial charge is 0.381 e. The summed E-state index contributed by atoms with van der Waals surface area (Å²) in [5, 5.41) is 8.23. The van der Waals surface area contributed by atoms with Crippen molar-refractivity contribution in [1.29, 1.82) is 0 Å². The molecular formula is C15H20BrN3O2. The number of ether oxygens (including phenoxy) is 2. The molecule has 114 valence electrons. The highest BCUT2D eigenvalue weighted by Crippen LogP contribution is 2.02. The zero-order valence-electron chi connectivity index (χ0n) is 11.9. The molecule has 1 aromatic carbocycles. The van der Waals surface area contributed by atoms with Gasteiger partial charge in [-0.25, -0.2) is 0 Å². The zero-order valence-corrected chi connectivity index (χ0v) is 13.5. The highest BCUT2D eigenvalue weighted by atomic mass is 79.9. The molecule has 0 radical (unpaired) electrons. The number of benzene rings is 1. The molecule has 0 amide bonds. The van der Waals surface area contributed by atoms with Gasteiger partial charge in [0.1, 0.15) is 4.60 Å². The van der Waals surface area contributed by atoms with Gasteiger partial charge >= 0.3 is 0 Å². The molecule has 2 rings (SSSR count). The standard InChI is InChI=1S/C15H20BrN3O2/c16-15-12-17-19(18-15)8-4-9-20-10-5-11-21-13-14-6-2-1-3-7-14/h1-3,6-7,12H,4-5,8-11,13H2. The first-order chi connectivity index (χ1) is 10.3. The van der Waals surface area contributed by atoms with Crippen molar-refractivity contribution in [2.45, 2.75) is 26.0 Å². The predicted molar refractivity (Wildman–Crippen MR) is 83.9 cm³/mol. The Morgan fingerprint density at radius 3 is 2.52 bits per heavy atom. The van der Waals surface area contributed by atoms with E-state index in [1.165, 1.54) is 5.56 Å². The average Bonchev–Trinajstić information content (AvgIpc) is 2.92. The van der Waals surface area contributed by atoms with Gasteiger partial charge in [0.15, 0.2) is 0 Å². The van der Waals surface area contributed by atoms with E-state index < -0.39 is 0 Å². The van der Waals surface area contributed by atoms with Gasteiger partial charge < -0.3 is 9.47 Å². The van der Waals surface area contributed by atoms with E-state index in [0.717, 1.165) is 43.8 Å². The lowest BCUT2D eigenvalue weighted by Gasteiger charge is -2.06. The Kier molecular flexibility index (Phi) is 7.42. The molecule has 0 saturated heterocycles. The summed E-state index contributed by atoms with van der Waals surface area (Å²) in [5.74, 6) is 0. The van der Waals surface area contributed by atoms with Crippen LogP contribution in [0.5, 0.6) is 0 Å². The molecule has 0 fully saturated rings. The van der Waals surface area contributed by atoms with Crippen molar-refractivity contribution in [2.75, 3.05) is 19.8 Å². The van der Waals surface area contributed by atoms with Gasteiger partial charge in [0.25, 0.3) is 0 Å². The fourth-order valence-electron chi connectivity index (χ4n) is 1.82. The molecule has 0 saturated carbocycles. The van der Waals surface area contributed by atoms with E-state index in [0.29, 0.717) is 6.61 Å². The monoisotopic (exact) mass is 353 g/mol. The van der Waals surface area contributed by atoms with E-state index in [1.807, 2.05) is 18.2 Å². The number of rotatable bonds is 10. The van der Waals surface area contributed by atoms with Crippen LogP contribution in [0.3, 0.4) is 0 Å². The summed E-state index contributed by atoms with van der Waals surface area (Å²) in [4.78, 5) is 1.66. The molecule has 2 aromatic rings. The maximum atomic E-state index is 5.59. The summed E-state index contributed by atoms with van der Waals surface area (Å²) < 4.78 is 11.9. The Labute approximate surface area is 133 Å². The second-order valence-electron chi connectivity index (χ2n) is 4.62. The number of aryl methyl sites for hydroxylation is 1. The first-order valence-corrected chi connectivity index (χ1v) is 7.89. The van der Waals surface area contributed by atoms with E-state index in [2.05, 4.69) is 38.3 Å². The Bertz CT molecular complexity index is 505. The van der Waals surface area contributed by atoms with Crippen molar-refractivity contribution >= 4 is 15.9 Å². The van der Waals surface area contributed by atoms with Crippen LogP contribution in [0.25, 0.3) is 0 Å². The van der Waals surface area contributed by atoms with Crippen LogP contribution in [-0.2, 0) is 22.6 Å². The van der Waals surface area contributed by atoms with Crippen molar-refractivity contribution in [3.8, 4) is 0 Å². The van der Waals surface area contributed by atoms with Gasteiger partial charge in [-0.05, 0) is 34.3 Å². The number of halogens is 1. The SMILES string of the molecule is Brc1cnn(CCCOCCCOCc2ccccc2)n1. The van der Waals surface area contributed by atoms with Crippen LogP contribution in [0, 0.1) is 0 Å². The van der Waals surface area contributed by atoms with Crippen molar-refractivity contribution in [3.63, 3.8) is 0 Å². The average molecular weight is 354 g/mol. The molecule has 5 nitrogen and oxygen atoms in total. The third-order valence-electron chi connectivity index (χ3n) is 2.84. The molecule has 0 spiro atoms. The predicted octanol–water partition coefficient (Wildman–Crippen LogP) is 3.05. The number of aromatic nitrogens is 3. The molecule has 0 aliphatic carbocycles. The number of hydrogen-bond acceptors (Lipinski definition) is 4. The van der Waals surface area contributed by atoms with E-state index >= 15 is 0 Å². The molecule has 0 aliphatic rings. The molecule has 0 unspecified atom stereocenters. The van der Waals surface area contributed by atoms with Crippen LogP contribution in [-0.4, -0.2) is 34.8 Å². The van der Waals surface area contributed by atoms with Crippen LogP contribution in [0.1, 0.15) is 18.4 Å². The van der Waals surface area contributed by atoms with Gasteiger partial charge in [-0.2, -0.15) is 9.90 Å². The van der Waals surface area contributed by atoms with Crippen molar-refractivity contribution in [1.82, 2.24) is 15.0 Å². The smallest absolute Gasteiger partial charge is 0.148 e. The van der Waals surface area contributed by atoms with Crippen LogP contribution < -0.4 is 0 Å². The van der Waals surface area contributed by atoms with Crippen molar-refractivity contribution in [2.24, 2.45) is 0 Å². The summed E-state index contributed by atoms with van der Waals surface area (Å²) in [7, 11) is 0. The Morgan fingerprint density at radius 2 is 1.76 bits per heavy atom. The quantitative estimate of drug-likeness (QED) is 0.616. The molecule has 0 atom stereocenters. The Balaban J connectivity index is 1.40. The summed E-state index contributed by atoms with van der Waals surface area (Å²) in [6.07, 6.45) is 3.51. The van der Waals surface area contributed by atoms with E-state index in [-0.39, 0.29) is 0 Å². The normalized spacial score (nSPS) is 10.9. The summed E-state index contributed by atoms with van der Waals surface area (Å²) >= 11 is 3.27. The molecular weight excluding hydrogens is 334 g/mol. The van der Waals surface area contributed by atoms with Crippen molar-refractivity contribution < 1.29 is 9.47 Å². The molecule has 0 bridgehead atoms. The fourth-order valence-corrected chi connectivity index (χ4v) is 2.10. The minimum atomic E-state index is 0.667. The Morgan fingerprint density at radius 1 is 1.00 bits per heavy atom. The maximum Gasteiger partial charge on any atom is 0.148 e. The number of hydrogen-bond donors (Lipinski definition) is 0. The van der Waals surface area contributed by atoms with E-state index in [4.69, 9.17) is 9.47 Å². The third kappa shape index (κ3) is 6.84. The van der Waals surface area contributed by atoms with Gasteiger partial charge in [0.05, 0.1) is 19.3 Å². The number of nitrogens with zero attached hydrogens (tertiary/aromatic N) is 3. The highest BCUT2D eigenvalue weighted by molar-refractivity contribution is 9.10. The summed E-state index contributed by atoms with van der Waals surface area (Å²) in [6, 6.07) is 10.2. The molecule has 0 N–H and O–H groups in total. The van der Waals surface area contributed by atoms with E-state index in [9.17, 15) is 0 Å². The van der Waals surface area contributed by atoms with Gasteiger partial charge in [0, 0.05) is 19.8 Å². The minimum Gasteiger partial charge on any atom is -0.381 e. The van der Waals surface area contributed by atoms with Crippen LogP contribution in [0.15, 0.2) is 41.1 Å². The molecule has 0 aliphatic heterocycles. The first-order valence-electron chi connectivity index (χ1n) is 7.09. The lowest BCUT2D eigenvalue weighted by molar-refractivity contribution is 0.0734. The highest BCUT2D eigenvalue weighted by Gasteiger charge is 1.97. The first kappa shape index (κ1) is 16.1. The molecule has 1 heterocycles. The van der Waals surface area contributed by atoms with Crippen LogP contribution in [0.2, 0.25) is 0 Å². The van der Waals surface area contributed by atoms with Gasteiger partial charge in [0.2, 0.25) is 0 Å². The maximum absolute atomic E-state index is 5.59.